The fraction of sp³-hybridized carbons (Fsp3) is 0.235. The molecule has 0 aliphatic rings. The van der Waals surface area contributed by atoms with Crippen LogP contribution in [-0.2, 0) is 6.54 Å². The number of nitrogens with zero attached hydrogens (tertiary/aromatic N) is 4. The molecule has 0 unspecified atom stereocenters. The number of carbonyl (C=O) groups is 1. The van der Waals surface area contributed by atoms with E-state index >= 15 is 0 Å². The summed E-state index contributed by atoms with van der Waals surface area (Å²) in [6.07, 6.45) is 3.45. The molecule has 0 aromatic carbocycles. The summed E-state index contributed by atoms with van der Waals surface area (Å²) in [6.45, 7) is 5.94. The quantitative estimate of drug-likeness (QED) is 0.790. The highest BCUT2D eigenvalue weighted by Gasteiger charge is 2.16. The lowest BCUT2D eigenvalue weighted by atomic mass is 10.3. The van der Waals surface area contributed by atoms with Gasteiger partial charge in [0.2, 0.25) is 0 Å². The predicted octanol–water partition coefficient (Wildman–Crippen LogP) is 2.85. The maximum absolute atomic E-state index is 12.4. The van der Waals surface area contributed by atoms with Crippen molar-refractivity contribution in [2.45, 2.75) is 27.3 Å². The van der Waals surface area contributed by atoms with E-state index in [9.17, 15) is 4.79 Å². The smallest absolute Gasteiger partial charge is 0.263 e. The molecule has 1 N–H and O–H groups in total. The standard InChI is InChI=1S/C17H17N5OS/c1-10-7-11(2)21-14(20-10)9-19-16(23)15-12(3)22-17(24-15)13-5-4-6-18-8-13/h4-8H,9H2,1-3H3,(H,19,23). The second-order valence-corrected chi connectivity index (χ2v) is 6.42. The molecule has 0 atom stereocenters. The minimum atomic E-state index is -0.164. The molecular weight excluding hydrogens is 322 g/mol. The number of rotatable bonds is 4. The van der Waals surface area contributed by atoms with Gasteiger partial charge in [0, 0.05) is 29.3 Å². The van der Waals surface area contributed by atoms with E-state index < -0.39 is 0 Å². The number of thiazole rings is 1. The van der Waals surface area contributed by atoms with Crippen LogP contribution in [0.2, 0.25) is 0 Å². The number of carbonyl (C=O) groups excluding carboxylic acids is 1. The van der Waals surface area contributed by atoms with Crippen molar-refractivity contribution < 1.29 is 4.79 Å². The molecule has 0 aliphatic heterocycles. The van der Waals surface area contributed by atoms with Gasteiger partial charge < -0.3 is 5.32 Å². The van der Waals surface area contributed by atoms with Crippen molar-refractivity contribution >= 4 is 17.2 Å². The minimum absolute atomic E-state index is 0.164. The second kappa shape index (κ2) is 6.84. The molecule has 0 bridgehead atoms. The number of nitrogens with one attached hydrogen (secondary N) is 1. The zero-order chi connectivity index (χ0) is 17.1. The zero-order valence-electron chi connectivity index (χ0n) is 13.7. The van der Waals surface area contributed by atoms with Gasteiger partial charge in [-0.2, -0.15) is 0 Å². The Balaban J connectivity index is 1.74. The van der Waals surface area contributed by atoms with Gasteiger partial charge in [-0.15, -0.1) is 11.3 Å². The molecule has 3 heterocycles. The van der Waals surface area contributed by atoms with Crippen LogP contribution in [0.3, 0.4) is 0 Å². The third kappa shape index (κ3) is 3.62. The molecule has 7 heteroatoms. The first-order valence-corrected chi connectivity index (χ1v) is 8.32. The summed E-state index contributed by atoms with van der Waals surface area (Å²) in [7, 11) is 0. The van der Waals surface area contributed by atoms with Gasteiger partial charge in [0.15, 0.2) is 0 Å². The molecule has 0 saturated heterocycles. The van der Waals surface area contributed by atoms with Crippen molar-refractivity contribution in [2.24, 2.45) is 0 Å². The van der Waals surface area contributed by atoms with Crippen LogP contribution in [0.15, 0.2) is 30.6 Å². The molecule has 24 heavy (non-hydrogen) atoms. The van der Waals surface area contributed by atoms with E-state index in [1.165, 1.54) is 11.3 Å². The van der Waals surface area contributed by atoms with Gasteiger partial charge in [0.1, 0.15) is 15.7 Å². The summed E-state index contributed by atoms with van der Waals surface area (Å²) in [5.41, 5.74) is 3.39. The van der Waals surface area contributed by atoms with E-state index in [2.05, 4.69) is 25.3 Å². The van der Waals surface area contributed by atoms with Crippen LogP contribution in [0.1, 0.15) is 32.6 Å². The fourth-order valence-corrected chi connectivity index (χ4v) is 3.31. The summed E-state index contributed by atoms with van der Waals surface area (Å²) in [5, 5.41) is 3.65. The van der Waals surface area contributed by atoms with E-state index in [1.54, 1.807) is 12.4 Å². The van der Waals surface area contributed by atoms with Crippen molar-refractivity contribution in [3.8, 4) is 10.6 Å². The van der Waals surface area contributed by atoms with E-state index in [0.29, 0.717) is 22.9 Å². The molecule has 0 spiro atoms. The van der Waals surface area contributed by atoms with Gasteiger partial charge in [-0.3, -0.25) is 9.78 Å². The summed E-state index contributed by atoms with van der Waals surface area (Å²) in [4.78, 5) is 30.3. The Morgan fingerprint density at radius 3 is 2.58 bits per heavy atom. The van der Waals surface area contributed by atoms with Crippen molar-refractivity contribution in [3.05, 3.63) is 58.4 Å². The second-order valence-electron chi connectivity index (χ2n) is 5.42. The molecule has 0 aliphatic carbocycles. The Hall–Kier alpha value is -2.67. The van der Waals surface area contributed by atoms with Crippen molar-refractivity contribution in [2.75, 3.05) is 0 Å². The maximum atomic E-state index is 12.4. The van der Waals surface area contributed by atoms with Crippen LogP contribution < -0.4 is 5.32 Å². The third-order valence-corrected chi connectivity index (χ3v) is 4.55. The molecule has 122 valence electrons. The predicted molar refractivity (Wildman–Crippen MR) is 92.8 cm³/mol. The average Bonchev–Trinajstić information content (AvgIpc) is 2.94. The summed E-state index contributed by atoms with van der Waals surface area (Å²) >= 11 is 1.36. The van der Waals surface area contributed by atoms with Crippen molar-refractivity contribution in [1.82, 2.24) is 25.3 Å². The monoisotopic (exact) mass is 339 g/mol. The average molecular weight is 339 g/mol. The summed E-state index contributed by atoms with van der Waals surface area (Å²) in [6, 6.07) is 5.68. The highest BCUT2D eigenvalue weighted by atomic mass is 32.1. The maximum Gasteiger partial charge on any atom is 0.263 e. The number of aryl methyl sites for hydroxylation is 3. The third-order valence-electron chi connectivity index (χ3n) is 3.35. The van der Waals surface area contributed by atoms with E-state index in [0.717, 1.165) is 22.0 Å². The first kappa shape index (κ1) is 16.2. The van der Waals surface area contributed by atoms with Gasteiger partial charge in [-0.25, -0.2) is 15.0 Å². The number of aromatic nitrogens is 4. The lowest BCUT2D eigenvalue weighted by molar-refractivity contribution is 0.0953. The van der Waals surface area contributed by atoms with Gasteiger partial charge in [0.05, 0.1) is 12.2 Å². The Bertz CT molecular complexity index is 856. The van der Waals surface area contributed by atoms with Gasteiger partial charge >= 0.3 is 0 Å². The fourth-order valence-electron chi connectivity index (χ4n) is 2.34. The topological polar surface area (TPSA) is 80.7 Å². The number of amides is 1. The highest BCUT2D eigenvalue weighted by Crippen LogP contribution is 2.27. The summed E-state index contributed by atoms with van der Waals surface area (Å²) < 4.78 is 0. The zero-order valence-corrected chi connectivity index (χ0v) is 14.5. The van der Waals surface area contributed by atoms with Crippen LogP contribution in [0.4, 0.5) is 0 Å². The number of hydrogen-bond donors (Lipinski definition) is 1. The van der Waals surface area contributed by atoms with Gasteiger partial charge in [-0.05, 0) is 39.0 Å². The first-order chi connectivity index (χ1) is 11.5. The summed E-state index contributed by atoms with van der Waals surface area (Å²) in [5.74, 6) is 0.443. The Kier molecular flexibility index (Phi) is 4.61. The molecule has 6 nitrogen and oxygen atoms in total. The lowest BCUT2D eigenvalue weighted by Crippen LogP contribution is -2.24. The highest BCUT2D eigenvalue weighted by molar-refractivity contribution is 7.17. The van der Waals surface area contributed by atoms with Crippen LogP contribution in [0.25, 0.3) is 10.6 Å². The SMILES string of the molecule is Cc1cc(C)nc(CNC(=O)c2sc(-c3cccnc3)nc2C)n1. The lowest BCUT2D eigenvalue weighted by Gasteiger charge is -2.05. The van der Waals surface area contributed by atoms with Crippen LogP contribution in [-0.4, -0.2) is 25.8 Å². The molecule has 0 saturated carbocycles. The Morgan fingerprint density at radius 1 is 1.17 bits per heavy atom. The molecule has 0 radical (unpaired) electrons. The molecule has 3 rings (SSSR count). The number of pyridine rings is 1. The molecule has 0 fully saturated rings. The van der Waals surface area contributed by atoms with Crippen molar-refractivity contribution in [3.63, 3.8) is 0 Å². The van der Waals surface area contributed by atoms with Crippen LogP contribution >= 0.6 is 11.3 Å². The number of hydrogen-bond acceptors (Lipinski definition) is 6. The minimum Gasteiger partial charge on any atom is -0.344 e. The molecule has 1 amide bonds. The Labute approximate surface area is 144 Å². The Morgan fingerprint density at radius 2 is 1.92 bits per heavy atom. The molecule has 3 aromatic rings. The van der Waals surface area contributed by atoms with Gasteiger partial charge in [0.25, 0.3) is 5.91 Å². The molecular formula is C17H17N5OS. The van der Waals surface area contributed by atoms with E-state index in [1.807, 2.05) is 39.0 Å². The van der Waals surface area contributed by atoms with Crippen LogP contribution in [0.5, 0.6) is 0 Å². The van der Waals surface area contributed by atoms with Crippen LogP contribution in [0, 0.1) is 20.8 Å². The first-order valence-electron chi connectivity index (χ1n) is 7.50. The normalized spacial score (nSPS) is 10.6. The van der Waals surface area contributed by atoms with E-state index in [4.69, 9.17) is 0 Å². The largest absolute Gasteiger partial charge is 0.344 e. The van der Waals surface area contributed by atoms with E-state index in [-0.39, 0.29) is 5.91 Å². The molecule has 3 aromatic heterocycles. The van der Waals surface area contributed by atoms with Gasteiger partial charge in [-0.1, -0.05) is 0 Å². The van der Waals surface area contributed by atoms with Crippen molar-refractivity contribution in [1.29, 1.82) is 0 Å².